The second kappa shape index (κ2) is 18.0. The van der Waals surface area contributed by atoms with Gasteiger partial charge in [0.25, 0.3) is 0 Å². The van der Waals surface area contributed by atoms with Crippen molar-refractivity contribution in [1.82, 2.24) is 0 Å². The van der Waals surface area contributed by atoms with E-state index in [9.17, 15) is 24.1 Å². The SMILES string of the molecule is CCCCCCCCC1(CCCCCCCC)C(=O)c2cc(/C=C3\C(=O)c4cc(F)c(F)cc4C3=C(C#N)C#N)sc2-c2sc(-c3ccc(N(C)C)cc3)cc21. The first kappa shape index (κ1) is 40.9. The summed E-state index contributed by atoms with van der Waals surface area (Å²) in [5.74, 6) is -2.86. The van der Waals surface area contributed by atoms with E-state index in [1.807, 2.05) is 32.3 Å². The molecule has 0 saturated heterocycles. The summed E-state index contributed by atoms with van der Waals surface area (Å²) < 4.78 is 28.9. The van der Waals surface area contributed by atoms with Crippen LogP contribution in [0, 0.1) is 34.3 Å². The third-order valence-electron chi connectivity index (χ3n) is 11.3. The molecule has 2 aliphatic carbocycles. The summed E-state index contributed by atoms with van der Waals surface area (Å²) in [6, 6.07) is 18.0. The summed E-state index contributed by atoms with van der Waals surface area (Å²) in [4.78, 5) is 34.7. The Balaban J connectivity index is 1.48. The molecule has 0 saturated carbocycles. The molecule has 2 aromatic heterocycles. The van der Waals surface area contributed by atoms with Crippen LogP contribution in [0.3, 0.4) is 0 Å². The number of hydrogen-bond acceptors (Lipinski definition) is 7. The van der Waals surface area contributed by atoms with Crippen molar-refractivity contribution in [2.24, 2.45) is 0 Å². The summed E-state index contributed by atoms with van der Waals surface area (Å²) in [6.07, 6.45) is 16.6. The van der Waals surface area contributed by atoms with Crippen molar-refractivity contribution in [3.63, 3.8) is 0 Å². The minimum absolute atomic E-state index is 0.00708. The average Bonchev–Trinajstić information content (AvgIpc) is 3.90. The molecule has 0 bridgehead atoms. The van der Waals surface area contributed by atoms with Crippen molar-refractivity contribution in [3.05, 3.63) is 98.4 Å². The van der Waals surface area contributed by atoms with Crippen molar-refractivity contribution >= 4 is 51.6 Å². The lowest BCUT2D eigenvalue weighted by Crippen LogP contribution is -2.38. The minimum Gasteiger partial charge on any atom is -0.378 e. The quantitative estimate of drug-likeness (QED) is 0.0604. The van der Waals surface area contributed by atoms with Gasteiger partial charge in [-0.1, -0.05) is 103 Å². The minimum atomic E-state index is -1.19. The third kappa shape index (κ3) is 8.08. The number of carbonyl (C=O) groups is 2. The Hall–Kier alpha value is -4.70. The van der Waals surface area contributed by atoms with Crippen LogP contribution < -0.4 is 4.90 Å². The van der Waals surface area contributed by atoms with Gasteiger partial charge in [0, 0.05) is 56.7 Å². The zero-order chi connectivity index (χ0) is 40.0. The Morgan fingerprint density at radius 2 is 1.30 bits per heavy atom. The van der Waals surface area contributed by atoms with E-state index in [4.69, 9.17) is 0 Å². The van der Waals surface area contributed by atoms with Crippen LogP contribution in [0.5, 0.6) is 0 Å². The van der Waals surface area contributed by atoms with Crippen LogP contribution in [0.15, 0.2) is 59.7 Å². The maximum absolute atomic E-state index is 15.3. The first-order valence-electron chi connectivity index (χ1n) is 20.0. The molecule has 0 spiro atoms. The van der Waals surface area contributed by atoms with Crippen LogP contribution in [0.2, 0.25) is 0 Å². The molecule has 5 nitrogen and oxygen atoms in total. The van der Waals surface area contributed by atoms with Gasteiger partial charge < -0.3 is 4.90 Å². The number of nitriles is 2. The molecule has 0 N–H and O–H groups in total. The molecule has 0 atom stereocenters. The van der Waals surface area contributed by atoms with E-state index >= 15 is 4.79 Å². The van der Waals surface area contributed by atoms with E-state index < -0.39 is 22.8 Å². The molecule has 2 aromatic carbocycles. The maximum atomic E-state index is 15.3. The normalized spacial score (nSPS) is 14.7. The Kier molecular flexibility index (Phi) is 13.2. The lowest BCUT2D eigenvalue weighted by atomic mass is 9.65. The fourth-order valence-corrected chi connectivity index (χ4v) is 10.8. The molecule has 0 fully saturated rings. The molecule has 6 rings (SSSR count). The zero-order valence-electron chi connectivity index (χ0n) is 32.8. The lowest BCUT2D eigenvalue weighted by Gasteiger charge is -2.36. The van der Waals surface area contributed by atoms with Crippen LogP contribution in [0.1, 0.15) is 140 Å². The number of rotatable bonds is 17. The molecular formula is C47H49F2N3O2S2. The number of hydrogen-bond donors (Lipinski definition) is 0. The van der Waals surface area contributed by atoms with Gasteiger partial charge in [0.05, 0.1) is 10.3 Å². The number of Topliss-reactive ketones (excluding diaryl/α,β-unsaturated/α-hetero) is 2. The molecule has 0 aliphatic heterocycles. The summed E-state index contributed by atoms with van der Waals surface area (Å²) in [6.45, 7) is 4.43. The first-order chi connectivity index (χ1) is 27.1. The number of halogens is 2. The highest BCUT2D eigenvalue weighted by Gasteiger charge is 2.47. The number of carbonyl (C=O) groups excluding carboxylic acids is 2. The topological polar surface area (TPSA) is 85.0 Å². The second-order valence-corrected chi connectivity index (χ2v) is 17.4. The highest BCUT2D eigenvalue weighted by molar-refractivity contribution is 7.24. The molecule has 2 aliphatic rings. The molecule has 2 heterocycles. The van der Waals surface area contributed by atoms with Gasteiger partial charge in [-0.3, -0.25) is 9.59 Å². The average molecular weight is 790 g/mol. The Morgan fingerprint density at radius 3 is 1.88 bits per heavy atom. The molecule has 290 valence electrons. The summed E-state index contributed by atoms with van der Waals surface area (Å²) in [5.41, 5.74) is 2.72. The maximum Gasteiger partial charge on any atom is 0.194 e. The van der Waals surface area contributed by atoms with Gasteiger partial charge >= 0.3 is 0 Å². The van der Waals surface area contributed by atoms with Crippen LogP contribution in [0.25, 0.3) is 31.8 Å². The van der Waals surface area contributed by atoms with E-state index in [1.54, 1.807) is 17.4 Å². The van der Waals surface area contributed by atoms with Gasteiger partial charge in [-0.2, -0.15) is 10.5 Å². The predicted octanol–water partition coefficient (Wildman–Crippen LogP) is 13.5. The number of ketones is 2. The van der Waals surface area contributed by atoms with E-state index in [0.717, 1.165) is 94.9 Å². The van der Waals surface area contributed by atoms with Gasteiger partial charge in [-0.15, -0.1) is 22.7 Å². The molecule has 0 unspecified atom stereocenters. The van der Waals surface area contributed by atoms with Crippen LogP contribution in [0.4, 0.5) is 14.5 Å². The van der Waals surface area contributed by atoms with Crippen LogP contribution in [-0.4, -0.2) is 25.7 Å². The van der Waals surface area contributed by atoms with Crippen LogP contribution >= 0.6 is 22.7 Å². The molecule has 0 radical (unpaired) electrons. The van der Waals surface area contributed by atoms with Crippen molar-refractivity contribution < 1.29 is 18.4 Å². The van der Waals surface area contributed by atoms with Gasteiger partial charge in [0.2, 0.25) is 0 Å². The molecule has 0 amide bonds. The number of anilines is 1. The highest BCUT2D eigenvalue weighted by atomic mass is 32.1. The Labute approximate surface area is 338 Å². The standard InChI is InChI=1S/C47H49F2N3O2S2/c1-5-7-9-11-13-15-21-47(22-16-14-12-10-8-6-2)38-27-41(30-17-19-32(20-18-30)52(3)4)56-45(38)44-37(46(47)54)24-33(55-44)23-36-42(31(28-50)29-51)34-25-39(48)40(49)26-35(34)43(36)53/h17-20,23-27H,5-16,21-22H2,1-4H3/b36-23-. The zero-order valence-corrected chi connectivity index (χ0v) is 34.5. The lowest BCUT2D eigenvalue weighted by molar-refractivity contribution is 0.0855. The number of fused-ring (bicyclic) bond motifs is 4. The summed E-state index contributed by atoms with van der Waals surface area (Å²) in [7, 11) is 4.03. The molecule has 4 aromatic rings. The summed E-state index contributed by atoms with van der Waals surface area (Å²) in [5, 5.41) is 19.7. The van der Waals surface area contributed by atoms with Gasteiger partial charge in [0.1, 0.15) is 17.7 Å². The largest absolute Gasteiger partial charge is 0.378 e. The van der Waals surface area contributed by atoms with E-state index in [1.165, 1.54) is 49.9 Å². The van der Waals surface area contributed by atoms with Crippen molar-refractivity contribution in [2.45, 2.75) is 109 Å². The fourth-order valence-electron chi connectivity index (χ4n) is 8.25. The number of thiophene rings is 2. The van der Waals surface area contributed by atoms with Gasteiger partial charge in [-0.25, -0.2) is 8.78 Å². The smallest absolute Gasteiger partial charge is 0.194 e. The summed E-state index contributed by atoms with van der Waals surface area (Å²) >= 11 is 3.08. The van der Waals surface area contributed by atoms with Crippen molar-refractivity contribution in [1.29, 1.82) is 10.5 Å². The first-order valence-corrected chi connectivity index (χ1v) is 21.6. The van der Waals surface area contributed by atoms with E-state index in [2.05, 4.69) is 49.1 Å². The molecule has 56 heavy (non-hydrogen) atoms. The molecular weight excluding hydrogens is 741 g/mol. The Bertz CT molecular complexity index is 2230. The van der Waals surface area contributed by atoms with E-state index in [-0.39, 0.29) is 33.6 Å². The van der Waals surface area contributed by atoms with Crippen molar-refractivity contribution in [3.8, 4) is 32.3 Å². The number of nitrogens with zero attached hydrogens (tertiary/aromatic N) is 3. The van der Waals surface area contributed by atoms with Crippen LogP contribution in [-0.2, 0) is 5.41 Å². The monoisotopic (exact) mass is 789 g/mol. The Morgan fingerprint density at radius 1 is 0.732 bits per heavy atom. The second-order valence-electron chi connectivity index (χ2n) is 15.3. The van der Waals surface area contributed by atoms with E-state index in [0.29, 0.717) is 10.4 Å². The van der Waals surface area contributed by atoms with Crippen molar-refractivity contribution in [2.75, 3.05) is 19.0 Å². The predicted molar refractivity (Wildman–Crippen MR) is 226 cm³/mol. The number of benzene rings is 2. The van der Waals surface area contributed by atoms with Gasteiger partial charge in [0.15, 0.2) is 23.2 Å². The fraction of sp³-hybridized carbons (Fsp3) is 0.404. The molecule has 9 heteroatoms. The third-order valence-corrected chi connectivity index (χ3v) is 13.7. The van der Waals surface area contributed by atoms with Gasteiger partial charge in [-0.05, 0) is 72.0 Å². The highest BCUT2D eigenvalue weighted by Crippen LogP contribution is 2.56. The number of unbranched alkanes of at least 4 members (excludes halogenated alkanes) is 10. The number of allylic oxidation sites excluding steroid dienone is 3.